The zero-order chi connectivity index (χ0) is 21.8. The first-order valence-corrected chi connectivity index (χ1v) is 10.5. The van der Waals surface area contributed by atoms with E-state index < -0.39 is 0 Å². The number of carbonyl (C=O) groups is 3. The van der Waals surface area contributed by atoms with Gasteiger partial charge in [0.25, 0.3) is 0 Å². The lowest BCUT2D eigenvalue weighted by molar-refractivity contribution is -0.134. The second-order valence-electron chi connectivity index (χ2n) is 7.97. The number of amides is 3. The smallest absolute Gasteiger partial charge is 0.229 e. The third kappa shape index (κ3) is 4.94. The Morgan fingerprint density at radius 2 is 1.84 bits per heavy atom. The van der Waals surface area contributed by atoms with Crippen LogP contribution in [0, 0.1) is 5.92 Å². The summed E-state index contributed by atoms with van der Waals surface area (Å²) in [6.45, 7) is 2.52. The monoisotopic (exact) mass is 418 g/mol. The Labute approximate surface area is 180 Å². The van der Waals surface area contributed by atoms with Crippen LogP contribution in [0.4, 0.5) is 11.4 Å². The van der Waals surface area contributed by atoms with E-state index in [9.17, 15) is 14.4 Å². The lowest BCUT2D eigenvalue weighted by Gasteiger charge is -2.32. The Morgan fingerprint density at radius 3 is 2.65 bits per heavy atom. The maximum atomic E-state index is 12.9. The first-order chi connectivity index (χ1) is 15.0. The highest BCUT2D eigenvalue weighted by atomic mass is 16.2. The summed E-state index contributed by atoms with van der Waals surface area (Å²) in [7, 11) is 0. The van der Waals surface area contributed by atoms with Crippen molar-refractivity contribution in [2.24, 2.45) is 5.92 Å². The molecule has 160 valence electrons. The number of H-pyrrole nitrogens is 1. The third-order valence-electron chi connectivity index (χ3n) is 5.61. The van der Waals surface area contributed by atoms with E-state index in [-0.39, 0.29) is 23.6 Å². The molecule has 0 aliphatic carbocycles. The van der Waals surface area contributed by atoms with E-state index in [4.69, 9.17) is 0 Å². The fraction of sp³-hybridized carbons (Fsp3) is 0.292. The maximum Gasteiger partial charge on any atom is 0.229 e. The number of likely N-dealkylation sites (tertiary alicyclic amines) is 1. The van der Waals surface area contributed by atoms with E-state index in [0.717, 1.165) is 29.3 Å². The molecule has 1 atom stereocenters. The molecule has 0 unspecified atom stereocenters. The van der Waals surface area contributed by atoms with Crippen molar-refractivity contribution in [2.45, 2.75) is 26.2 Å². The molecule has 31 heavy (non-hydrogen) atoms. The summed E-state index contributed by atoms with van der Waals surface area (Å²) in [6, 6.07) is 15.0. The van der Waals surface area contributed by atoms with Crippen LogP contribution in [0.1, 0.15) is 25.3 Å². The molecule has 1 fully saturated rings. The van der Waals surface area contributed by atoms with E-state index in [1.54, 1.807) is 29.2 Å². The number of rotatable bonds is 5. The maximum absolute atomic E-state index is 12.9. The lowest BCUT2D eigenvalue weighted by Crippen LogP contribution is -2.44. The summed E-state index contributed by atoms with van der Waals surface area (Å²) < 4.78 is 0. The minimum Gasteiger partial charge on any atom is -0.361 e. The number of nitrogens with one attached hydrogen (secondary N) is 3. The van der Waals surface area contributed by atoms with Crippen molar-refractivity contribution in [3.8, 4) is 0 Å². The van der Waals surface area contributed by atoms with E-state index in [2.05, 4.69) is 15.6 Å². The van der Waals surface area contributed by atoms with Gasteiger partial charge < -0.3 is 20.5 Å². The summed E-state index contributed by atoms with van der Waals surface area (Å²) in [5.74, 6) is -0.496. The van der Waals surface area contributed by atoms with Crippen LogP contribution in [0.15, 0.2) is 54.7 Å². The van der Waals surface area contributed by atoms with Gasteiger partial charge in [-0.15, -0.1) is 0 Å². The number of fused-ring (bicyclic) bond motifs is 1. The van der Waals surface area contributed by atoms with Gasteiger partial charge in [-0.3, -0.25) is 14.4 Å². The van der Waals surface area contributed by atoms with Crippen LogP contribution in [0.25, 0.3) is 10.9 Å². The highest BCUT2D eigenvalue weighted by Gasteiger charge is 2.28. The molecule has 7 heteroatoms. The first kappa shape index (κ1) is 20.7. The Kier molecular flexibility index (Phi) is 6.02. The number of para-hydroxylation sites is 1. The second kappa shape index (κ2) is 9.04. The molecule has 0 bridgehead atoms. The molecule has 2 heterocycles. The first-order valence-electron chi connectivity index (χ1n) is 10.5. The zero-order valence-electron chi connectivity index (χ0n) is 17.5. The molecule has 7 nitrogen and oxygen atoms in total. The van der Waals surface area contributed by atoms with Crippen molar-refractivity contribution >= 4 is 40.0 Å². The molecule has 0 spiro atoms. The van der Waals surface area contributed by atoms with E-state index in [1.165, 1.54) is 6.92 Å². The second-order valence-corrected chi connectivity index (χ2v) is 7.97. The molecule has 0 saturated carbocycles. The number of anilines is 2. The van der Waals surface area contributed by atoms with Crippen LogP contribution >= 0.6 is 0 Å². The van der Waals surface area contributed by atoms with Crippen LogP contribution in [0.5, 0.6) is 0 Å². The van der Waals surface area contributed by atoms with Crippen molar-refractivity contribution in [2.75, 3.05) is 23.7 Å². The molecule has 2 aromatic carbocycles. The summed E-state index contributed by atoms with van der Waals surface area (Å²) >= 11 is 0. The Morgan fingerprint density at radius 1 is 1.06 bits per heavy atom. The van der Waals surface area contributed by atoms with Crippen molar-refractivity contribution in [3.05, 3.63) is 60.3 Å². The fourth-order valence-electron chi connectivity index (χ4n) is 4.09. The number of nitrogens with zero attached hydrogens (tertiary/aromatic N) is 1. The van der Waals surface area contributed by atoms with Gasteiger partial charge in [0.05, 0.1) is 12.3 Å². The summed E-state index contributed by atoms with van der Waals surface area (Å²) in [5, 5.41) is 6.69. The van der Waals surface area contributed by atoms with Crippen LogP contribution < -0.4 is 10.6 Å². The largest absolute Gasteiger partial charge is 0.361 e. The summed E-state index contributed by atoms with van der Waals surface area (Å²) in [4.78, 5) is 42.0. The lowest BCUT2D eigenvalue weighted by atomic mass is 9.96. The van der Waals surface area contributed by atoms with Gasteiger partial charge >= 0.3 is 0 Å². The molecule has 3 amide bonds. The zero-order valence-corrected chi connectivity index (χ0v) is 17.5. The van der Waals surface area contributed by atoms with Gasteiger partial charge in [0.15, 0.2) is 0 Å². The van der Waals surface area contributed by atoms with Crippen molar-refractivity contribution in [3.63, 3.8) is 0 Å². The van der Waals surface area contributed by atoms with E-state index in [1.807, 2.05) is 30.5 Å². The number of carbonyl (C=O) groups excluding carboxylic acids is 3. The SMILES string of the molecule is CC(=O)Nc1cccc(NC(=O)[C@@H]2CCCN(C(=O)Cc3c[nH]c4ccccc34)C2)c1. The minimum atomic E-state index is -0.259. The predicted molar refractivity (Wildman–Crippen MR) is 121 cm³/mol. The number of benzene rings is 2. The van der Waals surface area contributed by atoms with Gasteiger partial charge in [0.1, 0.15) is 0 Å². The quantitative estimate of drug-likeness (QED) is 0.591. The minimum absolute atomic E-state index is 0.0370. The number of hydrogen-bond donors (Lipinski definition) is 3. The van der Waals surface area contributed by atoms with Crippen molar-refractivity contribution in [1.82, 2.24) is 9.88 Å². The topological polar surface area (TPSA) is 94.3 Å². The Hall–Kier alpha value is -3.61. The predicted octanol–water partition coefficient (Wildman–Crippen LogP) is 3.55. The van der Waals surface area contributed by atoms with Crippen molar-refractivity contribution in [1.29, 1.82) is 0 Å². The Bertz CT molecular complexity index is 1120. The number of piperidine rings is 1. The van der Waals surface area contributed by atoms with Crippen molar-refractivity contribution < 1.29 is 14.4 Å². The van der Waals surface area contributed by atoms with Gasteiger partial charge in [0, 0.05) is 48.5 Å². The average molecular weight is 418 g/mol. The average Bonchev–Trinajstić information content (AvgIpc) is 3.16. The summed E-state index contributed by atoms with van der Waals surface area (Å²) in [5.41, 5.74) is 3.24. The highest BCUT2D eigenvalue weighted by Crippen LogP contribution is 2.23. The third-order valence-corrected chi connectivity index (χ3v) is 5.61. The molecule has 3 N–H and O–H groups in total. The highest BCUT2D eigenvalue weighted by molar-refractivity contribution is 5.95. The standard InChI is InChI=1S/C24H26N4O3/c1-16(29)26-19-7-4-8-20(13-19)27-24(31)17-6-5-11-28(15-17)23(30)12-18-14-25-22-10-3-2-9-21(18)22/h2-4,7-10,13-14,17,25H,5-6,11-12,15H2,1H3,(H,26,29)(H,27,31)/t17-/m1/s1. The van der Waals surface area contributed by atoms with Crippen LogP contribution in [0.3, 0.4) is 0 Å². The molecule has 0 radical (unpaired) electrons. The Balaban J connectivity index is 1.38. The van der Waals surface area contributed by atoms with Gasteiger partial charge in [-0.25, -0.2) is 0 Å². The molecular weight excluding hydrogens is 392 g/mol. The number of hydrogen-bond acceptors (Lipinski definition) is 3. The normalized spacial score (nSPS) is 16.2. The molecule has 1 aliphatic rings. The van der Waals surface area contributed by atoms with E-state index in [0.29, 0.717) is 30.9 Å². The number of aromatic nitrogens is 1. The fourth-order valence-corrected chi connectivity index (χ4v) is 4.09. The molecule has 3 aromatic rings. The van der Waals surface area contributed by atoms with Gasteiger partial charge in [-0.1, -0.05) is 24.3 Å². The molecular formula is C24H26N4O3. The van der Waals surface area contributed by atoms with E-state index >= 15 is 0 Å². The van der Waals surface area contributed by atoms with Crippen LogP contribution in [-0.2, 0) is 20.8 Å². The van der Waals surface area contributed by atoms with Gasteiger partial charge in [0.2, 0.25) is 17.7 Å². The number of aromatic amines is 1. The van der Waals surface area contributed by atoms with Crippen LogP contribution in [0.2, 0.25) is 0 Å². The summed E-state index contributed by atoms with van der Waals surface area (Å²) in [6.07, 6.45) is 3.74. The molecule has 4 rings (SSSR count). The molecule has 1 aromatic heterocycles. The van der Waals surface area contributed by atoms with Crippen LogP contribution in [-0.4, -0.2) is 40.7 Å². The van der Waals surface area contributed by atoms with Gasteiger partial charge in [-0.05, 0) is 42.7 Å². The molecule has 1 aliphatic heterocycles. The molecule has 1 saturated heterocycles. The van der Waals surface area contributed by atoms with Gasteiger partial charge in [-0.2, -0.15) is 0 Å².